The summed E-state index contributed by atoms with van der Waals surface area (Å²) in [5.74, 6) is 0.668. The molecule has 0 radical (unpaired) electrons. The van der Waals surface area contributed by atoms with Crippen LogP contribution in [-0.4, -0.2) is 34.1 Å². The second-order valence-corrected chi connectivity index (χ2v) is 4.42. The van der Waals surface area contributed by atoms with Crippen LogP contribution in [-0.2, 0) is 4.79 Å². The molecule has 0 spiro atoms. The van der Waals surface area contributed by atoms with E-state index in [0.29, 0.717) is 5.92 Å². The van der Waals surface area contributed by atoms with Crippen LogP contribution in [0.25, 0.3) is 6.08 Å². The van der Waals surface area contributed by atoms with Crippen molar-refractivity contribution in [3.63, 3.8) is 0 Å². The number of amides is 1. The summed E-state index contributed by atoms with van der Waals surface area (Å²) < 4.78 is 0. The molecule has 0 fully saturated rings. The zero-order chi connectivity index (χ0) is 13.4. The molecule has 0 saturated heterocycles. The van der Waals surface area contributed by atoms with Crippen LogP contribution in [0, 0.1) is 5.92 Å². The molecule has 0 aliphatic carbocycles. The summed E-state index contributed by atoms with van der Waals surface area (Å²) in [6.45, 7) is 7.97. The third-order valence-electron chi connectivity index (χ3n) is 3.26. The van der Waals surface area contributed by atoms with Gasteiger partial charge in [-0.25, -0.2) is 0 Å². The molecule has 1 heterocycles. The normalized spacial score (nSPS) is 11.3. The number of nitrogens with one attached hydrogen (secondary N) is 1. The zero-order valence-corrected chi connectivity index (χ0v) is 11.5. The van der Waals surface area contributed by atoms with Crippen LogP contribution >= 0.6 is 0 Å². The van der Waals surface area contributed by atoms with Gasteiger partial charge in [0.25, 0.3) is 0 Å². The summed E-state index contributed by atoms with van der Waals surface area (Å²) in [4.78, 5) is 13.9. The first kappa shape index (κ1) is 14.5. The van der Waals surface area contributed by atoms with Crippen LogP contribution in [0.15, 0.2) is 18.5 Å². The van der Waals surface area contributed by atoms with Gasteiger partial charge in [-0.05, 0) is 18.9 Å². The Morgan fingerprint density at radius 1 is 1.44 bits per heavy atom. The lowest BCUT2D eigenvalue weighted by molar-refractivity contribution is -0.126. The van der Waals surface area contributed by atoms with Crippen molar-refractivity contribution in [2.45, 2.75) is 33.6 Å². The summed E-state index contributed by atoms with van der Waals surface area (Å²) in [5, 5.41) is 6.56. The van der Waals surface area contributed by atoms with E-state index in [1.165, 1.54) is 0 Å². The van der Waals surface area contributed by atoms with E-state index >= 15 is 0 Å². The van der Waals surface area contributed by atoms with Crippen molar-refractivity contribution in [3.05, 3.63) is 24.0 Å². The van der Waals surface area contributed by atoms with Gasteiger partial charge in [0.05, 0.1) is 6.20 Å². The number of hydrogen-bond donors (Lipinski definition) is 1. The highest BCUT2D eigenvalue weighted by atomic mass is 16.2. The predicted molar refractivity (Wildman–Crippen MR) is 73.9 cm³/mol. The molecule has 0 saturated carbocycles. The number of rotatable bonds is 7. The summed E-state index contributed by atoms with van der Waals surface area (Å²) in [6.07, 6.45) is 9.11. The van der Waals surface area contributed by atoms with Gasteiger partial charge in [-0.3, -0.25) is 9.89 Å². The summed E-state index contributed by atoms with van der Waals surface area (Å²) >= 11 is 0. The van der Waals surface area contributed by atoms with Gasteiger partial charge in [0, 0.05) is 30.9 Å². The van der Waals surface area contributed by atoms with E-state index in [1.54, 1.807) is 24.5 Å². The Morgan fingerprint density at radius 2 is 2.17 bits per heavy atom. The molecule has 0 aliphatic heterocycles. The third kappa shape index (κ3) is 4.35. The first-order valence-corrected chi connectivity index (χ1v) is 6.66. The topological polar surface area (TPSA) is 49.0 Å². The molecule has 0 atom stereocenters. The SMILES string of the molecule is CCC(CC)CN(CC)C(=O)/C=C/c1cn[nH]c1. The maximum absolute atomic E-state index is 12.0. The number of likely N-dealkylation sites (N-methyl/N-ethyl adjacent to an activating group) is 1. The molecule has 1 aromatic rings. The lowest BCUT2D eigenvalue weighted by atomic mass is 10.0. The van der Waals surface area contributed by atoms with Crippen molar-refractivity contribution in [1.82, 2.24) is 15.1 Å². The molecular formula is C14H23N3O. The van der Waals surface area contributed by atoms with Crippen LogP contribution in [0.2, 0.25) is 0 Å². The average molecular weight is 249 g/mol. The van der Waals surface area contributed by atoms with Crippen molar-refractivity contribution < 1.29 is 4.79 Å². The quantitative estimate of drug-likeness (QED) is 0.755. The standard InChI is InChI=1S/C14H23N3O/c1-4-12(5-2)11-17(6-3)14(18)8-7-13-9-15-16-10-13/h7-10,12H,4-6,11H2,1-3H3,(H,15,16)/b8-7+. The summed E-state index contributed by atoms with van der Waals surface area (Å²) in [6, 6.07) is 0. The number of nitrogens with zero attached hydrogens (tertiary/aromatic N) is 2. The third-order valence-corrected chi connectivity index (χ3v) is 3.26. The van der Waals surface area contributed by atoms with Gasteiger partial charge in [0.2, 0.25) is 5.91 Å². The predicted octanol–water partition coefficient (Wildman–Crippen LogP) is 2.71. The fourth-order valence-corrected chi connectivity index (χ4v) is 1.86. The largest absolute Gasteiger partial charge is 0.339 e. The van der Waals surface area contributed by atoms with E-state index < -0.39 is 0 Å². The number of aromatic nitrogens is 2. The fourth-order valence-electron chi connectivity index (χ4n) is 1.86. The van der Waals surface area contributed by atoms with E-state index in [0.717, 1.165) is 31.5 Å². The lowest BCUT2D eigenvalue weighted by Gasteiger charge is -2.24. The molecular weight excluding hydrogens is 226 g/mol. The summed E-state index contributed by atoms with van der Waals surface area (Å²) in [5.41, 5.74) is 0.918. The molecule has 1 aromatic heterocycles. The van der Waals surface area contributed by atoms with E-state index in [-0.39, 0.29) is 5.91 Å². The molecule has 100 valence electrons. The Morgan fingerprint density at radius 3 is 2.67 bits per heavy atom. The van der Waals surface area contributed by atoms with Gasteiger partial charge in [-0.2, -0.15) is 5.10 Å². The van der Waals surface area contributed by atoms with Gasteiger partial charge in [-0.15, -0.1) is 0 Å². The van der Waals surface area contributed by atoms with Crippen LogP contribution in [0.4, 0.5) is 0 Å². The van der Waals surface area contributed by atoms with Gasteiger partial charge in [0.15, 0.2) is 0 Å². The second-order valence-electron chi connectivity index (χ2n) is 4.42. The molecule has 1 rings (SSSR count). The molecule has 4 nitrogen and oxygen atoms in total. The average Bonchev–Trinajstić information content (AvgIpc) is 2.90. The minimum absolute atomic E-state index is 0.0746. The van der Waals surface area contributed by atoms with Crippen molar-refractivity contribution in [1.29, 1.82) is 0 Å². The van der Waals surface area contributed by atoms with E-state index in [4.69, 9.17) is 0 Å². The Hall–Kier alpha value is -1.58. The molecule has 4 heteroatoms. The maximum atomic E-state index is 12.0. The number of aromatic amines is 1. The smallest absolute Gasteiger partial charge is 0.246 e. The van der Waals surface area contributed by atoms with Crippen molar-refractivity contribution in [3.8, 4) is 0 Å². The molecule has 0 unspecified atom stereocenters. The van der Waals surface area contributed by atoms with E-state index in [1.807, 2.05) is 11.8 Å². The number of H-pyrrole nitrogens is 1. The fraction of sp³-hybridized carbons (Fsp3) is 0.571. The minimum atomic E-state index is 0.0746. The Bertz CT molecular complexity index is 366. The monoisotopic (exact) mass is 249 g/mol. The van der Waals surface area contributed by atoms with Crippen molar-refractivity contribution in [2.24, 2.45) is 5.92 Å². The van der Waals surface area contributed by atoms with E-state index in [9.17, 15) is 4.79 Å². The Balaban J connectivity index is 2.56. The molecule has 18 heavy (non-hydrogen) atoms. The van der Waals surface area contributed by atoms with Gasteiger partial charge >= 0.3 is 0 Å². The molecule has 1 N–H and O–H groups in total. The van der Waals surface area contributed by atoms with E-state index in [2.05, 4.69) is 24.0 Å². The molecule has 0 bridgehead atoms. The second kappa shape index (κ2) is 7.69. The minimum Gasteiger partial charge on any atom is -0.339 e. The number of carbonyl (C=O) groups is 1. The van der Waals surface area contributed by atoms with Gasteiger partial charge in [0.1, 0.15) is 0 Å². The van der Waals surface area contributed by atoms with Crippen molar-refractivity contribution >= 4 is 12.0 Å². The highest BCUT2D eigenvalue weighted by Crippen LogP contribution is 2.10. The van der Waals surface area contributed by atoms with Crippen molar-refractivity contribution in [2.75, 3.05) is 13.1 Å². The lowest BCUT2D eigenvalue weighted by Crippen LogP contribution is -2.33. The Kier molecular flexibility index (Phi) is 6.19. The Labute approximate surface area is 109 Å². The number of hydrogen-bond acceptors (Lipinski definition) is 2. The molecule has 0 aliphatic rings. The number of carbonyl (C=O) groups excluding carboxylic acids is 1. The zero-order valence-electron chi connectivity index (χ0n) is 11.5. The highest BCUT2D eigenvalue weighted by molar-refractivity contribution is 5.91. The molecule has 0 aromatic carbocycles. The van der Waals surface area contributed by atoms with Gasteiger partial charge in [-0.1, -0.05) is 26.7 Å². The maximum Gasteiger partial charge on any atom is 0.246 e. The van der Waals surface area contributed by atoms with Crippen LogP contribution in [0.5, 0.6) is 0 Å². The molecule has 1 amide bonds. The highest BCUT2D eigenvalue weighted by Gasteiger charge is 2.13. The van der Waals surface area contributed by atoms with Gasteiger partial charge < -0.3 is 4.90 Å². The van der Waals surface area contributed by atoms with Crippen LogP contribution in [0.3, 0.4) is 0 Å². The van der Waals surface area contributed by atoms with Crippen LogP contribution < -0.4 is 0 Å². The first-order valence-electron chi connectivity index (χ1n) is 6.66. The van der Waals surface area contributed by atoms with Crippen LogP contribution in [0.1, 0.15) is 39.2 Å². The first-order chi connectivity index (χ1) is 8.71. The summed E-state index contributed by atoms with van der Waals surface area (Å²) in [7, 11) is 0.